The van der Waals surface area contributed by atoms with Crippen LogP contribution in [0, 0.1) is 10.1 Å². The molecule has 8 nitrogen and oxygen atoms in total. The Morgan fingerprint density at radius 1 is 1.12 bits per heavy atom. The molecule has 0 aliphatic heterocycles. The van der Waals surface area contributed by atoms with E-state index in [1.165, 1.54) is 29.9 Å². The molecule has 0 radical (unpaired) electrons. The summed E-state index contributed by atoms with van der Waals surface area (Å²) in [7, 11) is 2.99. The van der Waals surface area contributed by atoms with Gasteiger partial charge in [-0.1, -0.05) is 6.07 Å². The Hall–Kier alpha value is -3.55. The topological polar surface area (TPSA) is 100 Å². The highest BCUT2D eigenvalue weighted by Crippen LogP contribution is 2.20. The van der Waals surface area contributed by atoms with Crippen molar-refractivity contribution in [1.29, 1.82) is 0 Å². The maximum atomic E-state index is 12.1. The van der Waals surface area contributed by atoms with Crippen molar-refractivity contribution in [3.05, 3.63) is 78.7 Å². The standard InChI is InChI=1S/C17H14N4O4/c1-19-10-12(16(22)20(2)17(19)23)4-6-13-5-3-11-9-14(21(24)25)7-8-15(11)18-13/h3-10H,1-2H3. The lowest BCUT2D eigenvalue weighted by atomic mass is 10.1. The molecule has 0 atom stereocenters. The molecular weight excluding hydrogens is 324 g/mol. The third-order valence-electron chi connectivity index (χ3n) is 3.81. The summed E-state index contributed by atoms with van der Waals surface area (Å²) in [6.07, 6.45) is 4.70. The number of nitrogens with zero attached hydrogens (tertiary/aromatic N) is 4. The largest absolute Gasteiger partial charge is 0.330 e. The van der Waals surface area contributed by atoms with Crippen molar-refractivity contribution in [2.45, 2.75) is 0 Å². The van der Waals surface area contributed by atoms with E-state index in [1.807, 2.05) is 0 Å². The van der Waals surface area contributed by atoms with Gasteiger partial charge in [-0.25, -0.2) is 9.78 Å². The summed E-state index contributed by atoms with van der Waals surface area (Å²) in [4.78, 5) is 38.5. The normalized spacial score (nSPS) is 11.3. The molecule has 0 saturated heterocycles. The number of hydrogen-bond donors (Lipinski definition) is 0. The number of rotatable bonds is 3. The predicted octanol–water partition coefficient (Wildman–Crippen LogP) is 1.71. The van der Waals surface area contributed by atoms with Crippen LogP contribution in [0.15, 0.2) is 46.1 Å². The Balaban J connectivity index is 2.00. The first-order valence-corrected chi connectivity index (χ1v) is 7.37. The second-order valence-corrected chi connectivity index (χ2v) is 5.55. The van der Waals surface area contributed by atoms with Crippen LogP contribution in [0.2, 0.25) is 0 Å². The van der Waals surface area contributed by atoms with Crippen LogP contribution < -0.4 is 11.2 Å². The fourth-order valence-electron chi connectivity index (χ4n) is 2.46. The lowest BCUT2D eigenvalue weighted by Gasteiger charge is -2.03. The molecule has 0 saturated carbocycles. The molecule has 0 spiro atoms. The van der Waals surface area contributed by atoms with E-state index in [4.69, 9.17) is 0 Å². The zero-order chi connectivity index (χ0) is 18.1. The van der Waals surface area contributed by atoms with Crippen LogP contribution >= 0.6 is 0 Å². The van der Waals surface area contributed by atoms with Gasteiger partial charge in [0.15, 0.2) is 0 Å². The molecule has 0 amide bonds. The number of pyridine rings is 1. The number of nitro groups is 1. The van der Waals surface area contributed by atoms with Gasteiger partial charge in [-0.05, 0) is 24.3 Å². The van der Waals surface area contributed by atoms with Crippen LogP contribution in [0.1, 0.15) is 11.3 Å². The van der Waals surface area contributed by atoms with Crippen LogP contribution in [-0.2, 0) is 14.1 Å². The van der Waals surface area contributed by atoms with E-state index in [9.17, 15) is 19.7 Å². The molecule has 0 fully saturated rings. The van der Waals surface area contributed by atoms with Crippen molar-refractivity contribution in [2.75, 3.05) is 0 Å². The van der Waals surface area contributed by atoms with Crippen molar-refractivity contribution in [3.63, 3.8) is 0 Å². The van der Waals surface area contributed by atoms with Crippen molar-refractivity contribution >= 4 is 28.7 Å². The molecule has 0 N–H and O–H groups in total. The molecule has 2 heterocycles. The van der Waals surface area contributed by atoms with E-state index in [0.29, 0.717) is 22.2 Å². The van der Waals surface area contributed by atoms with Gasteiger partial charge < -0.3 is 4.57 Å². The number of non-ortho nitro benzene ring substituents is 1. The number of aryl methyl sites for hydroxylation is 1. The van der Waals surface area contributed by atoms with E-state index in [1.54, 1.807) is 37.4 Å². The van der Waals surface area contributed by atoms with E-state index in [-0.39, 0.29) is 5.69 Å². The minimum absolute atomic E-state index is 0.00583. The second kappa shape index (κ2) is 6.16. The molecule has 0 aliphatic rings. The molecule has 0 aliphatic carbocycles. The molecule has 126 valence electrons. The quantitative estimate of drug-likeness (QED) is 0.534. The molecule has 2 aromatic heterocycles. The Morgan fingerprint density at radius 2 is 1.88 bits per heavy atom. The summed E-state index contributed by atoms with van der Waals surface area (Å²) in [6.45, 7) is 0. The first-order chi connectivity index (χ1) is 11.9. The lowest BCUT2D eigenvalue weighted by molar-refractivity contribution is -0.384. The number of hydrogen-bond acceptors (Lipinski definition) is 5. The molecule has 0 unspecified atom stereocenters. The Bertz CT molecular complexity index is 1140. The molecule has 1 aromatic carbocycles. The van der Waals surface area contributed by atoms with Gasteiger partial charge in [0.05, 0.1) is 21.7 Å². The minimum Gasteiger partial charge on any atom is -0.303 e. The molecule has 3 aromatic rings. The van der Waals surface area contributed by atoms with Crippen LogP contribution in [0.4, 0.5) is 5.69 Å². The predicted molar refractivity (Wildman–Crippen MR) is 94.2 cm³/mol. The van der Waals surface area contributed by atoms with Gasteiger partial charge in [0, 0.05) is 37.8 Å². The zero-order valence-electron chi connectivity index (χ0n) is 13.5. The fourth-order valence-corrected chi connectivity index (χ4v) is 2.46. The third kappa shape index (κ3) is 3.09. The summed E-state index contributed by atoms with van der Waals surface area (Å²) < 4.78 is 2.36. The monoisotopic (exact) mass is 338 g/mol. The van der Waals surface area contributed by atoms with Crippen LogP contribution in [0.25, 0.3) is 23.1 Å². The minimum atomic E-state index is -0.456. The Labute approximate surface area is 141 Å². The second-order valence-electron chi connectivity index (χ2n) is 5.55. The van der Waals surface area contributed by atoms with Gasteiger partial charge in [0.1, 0.15) is 0 Å². The summed E-state index contributed by atoms with van der Waals surface area (Å²) in [6, 6.07) is 7.86. The first-order valence-electron chi connectivity index (χ1n) is 7.37. The van der Waals surface area contributed by atoms with Crippen molar-refractivity contribution in [3.8, 4) is 0 Å². The SMILES string of the molecule is Cn1cc(C=Cc2ccc3cc([N+](=O)[O-])ccc3n2)c(=O)n(C)c1=O. The highest BCUT2D eigenvalue weighted by Gasteiger charge is 2.07. The average Bonchev–Trinajstić information content (AvgIpc) is 2.61. The Morgan fingerprint density at radius 3 is 2.60 bits per heavy atom. The molecule has 25 heavy (non-hydrogen) atoms. The van der Waals surface area contributed by atoms with Crippen LogP contribution in [0.5, 0.6) is 0 Å². The van der Waals surface area contributed by atoms with E-state index < -0.39 is 16.2 Å². The summed E-state index contributed by atoms with van der Waals surface area (Å²) >= 11 is 0. The zero-order valence-corrected chi connectivity index (χ0v) is 13.5. The third-order valence-corrected chi connectivity index (χ3v) is 3.81. The van der Waals surface area contributed by atoms with Gasteiger partial charge in [-0.15, -0.1) is 0 Å². The van der Waals surface area contributed by atoms with E-state index >= 15 is 0 Å². The molecule has 0 bridgehead atoms. The summed E-state index contributed by atoms with van der Waals surface area (Å²) in [5.74, 6) is 0. The van der Waals surface area contributed by atoms with Gasteiger partial charge >= 0.3 is 5.69 Å². The van der Waals surface area contributed by atoms with Crippen LogP contribution in [-0.4, -0.2) is 19.0 Å². The molecule has 8 heteroatoms. The number of benzene rings is 1. The highest BCUT2D eigenvalue weighted by atomic mass is 16.6. The van der Waals surface area contributed by atoms with Crippen molar-refractivity contribution < 1.29 is 4.92 Å². The van der Waals surface area contributed by atoms with Crippen LogP contribution in [0.3, 0.4) is 0 Å². The summed E-state index contributed by atoms with van der Waals surface area (Å²) in [5.41, 5.74) is 0.781. The smallest absolute Gasteiger partial charge is 0.303 e. The number of aromatic nitrogens is 3. The maximum absolute atomic E-state index is 12.1. The van der Waals surface area contributed by atoms with E-state index in [2.05, 4.69) is 4.98 Å². The van der Waals surface area contributed by atoms with Crippen molar-refractivity contribution in [2.24, 2.45) is 14.1 Å². The highest BCUT2D eigenvalue weighted by molar-refractivity contribution is 5.82. The summed E-state index contributed by atoms with van der Waals surface area (Å²) in [5, 5.41) is 11.5. The molecule has 3 rings (SSSR count). The van der Waals surface area contributed by atoms with Gasteiger partial charge in [0.2, 0.25) is 0 Å². The number of nitro benzene ring substituents is 1. The lowest BCUT2D eigenvalue weighted by Crippen LogP contribution is -2.37. The van der Waals surface area contributed by atoms with Gasteiger partial charge in [0.25, 0.3) is 11.2 Å². The van der Waals surface area contributed by atoms with Crippen molar-refractivity contribution in [1.82, 2.24) is 14.1 Å². The fraction of sp³-hybridized carbons (Fsp3) is 0.118. The maximum Gasteiger partial charge on any atom is 0.330 e. The van der Waals surface area contributed by atoms with E-state index in [0.717, 1.165) is 4.57 Å². The first kappa shape index (κ1) is 16.3. The number of fused-ring (bicyclic) bond motifs is 1. The average molecular weight is 338 g/mol. The van der Waals surface area contributed by atoms with Gasteiger partial charge in [-0.2, -0.15) is 0 Å². The Kier molecular flexibility index (Phi) is 4.02. The molecular formula is C17H14N4O4. The van der Waals surface area contributed by atoms with Gasteiger partial charge in [-0.3, -0.25) is 19.5 Å².